The Hall–Kier alpha value is -3.01. The highest BCUT2D eigenvalue weighted by Gasteiger charge is 2.20. The lowest BCUT2D eigenvalue weighted by atomic mass is 10.1. The van der Waals surface area contributed by atoms with Gasteiger partial charge in [0.1, 0.15) is 5.75 Å². The van der Waals surface area contributed by atoms with Gasteiger partial charge in [0, 0.05) is 12.2 Å². The number of ether oxygens (including phenoxy) is 1. The molecule has 11 heteroatoms. The maximum atomic E-state index is 12.6. The molecule has 0 bridgehead atoms. The minimum atomic E-state index is -0.396. The Morgan fingerprint density at radius 3 is 2.54 bits per heavy atom. The van der Waals surface area contributed by atoms with Gasteiger partial charge < -0.3 is 19.9 Å². The zero-order valence-corrected chi connectivity index (χ0v) is 21.6. The first-order valence-corrected chi connectivity index (χ1v) is 12.4. The Kier molecular flexibility index (Phi) is 9.59. The number of amides is 2. The molecule has 8 nitrogen and oxygen atoms in total. The summed E-state index contributed by atoms with van der Waals surface area (Å²) in [7, 11) is 1.59. The van der Waals surface area contributed by atoms with Crippen molar-refractivity contribution >= 4 is 52.5 Å². The van der Waals surface area contributed by atoms with E-state index in [0.29, 0.717) is 33.3 Å². The Balaban J connectivity index is 1.60. The Labute approximate surface area is 218 Å². The lowest BCUT2D eigenvalue weighted by molar-refractivity contribution is -0.121. The molecule has 2 N–H and O–H groups in total. The predicted octanol–water partition coefficient (Wildman–Crippen LogP) is 4.93. The summed E-state index contributed by atoms with van der Waals surface area (Å²) in [5.41, 5.74) is 1.42. The number of aromatic nitrogens is 3. The molecule has 0 aliphatic carbocycles. The van der Waals surface area contributed by atoms with Gasteiger partial charge in [-0.3, -0.25) is 9.59 Å². The van der Waals surface area contributed by atoms with E-state index >= 15 is 0 Å². The van der Waals surface area contributed by atoms with E-state index < -0.39 is 6.04 Å². The number of carbonyl (C=O) groups is 2. The quantitative estimate of drug-likeness (QED) is 0.268. The summed E-state index contributed by atoms with van der Waals surface area (Å²) in [4.78, 5) is 25.0. The molecule has 0 spiro atoms. The second kappa shape index (κ2) is 12.6. The number of anilines is 1. The Morgan fingerprint density at radius 1 is 1.14 bits per heavy atom. The molecule has 184 valence electrons. The third-order valence-corrected chi connectivity index (χ3v) is 6.59. The molecule has 35 heavy (non-hydrogen) atoms. The van der Waals surface area contributed by atoms with Crippen molar-refractivity contribution in [2.45, 2.75) is 31.1 Å². The fourth-order valence-corrected chi connectivity index (χ4v) is 4.27. The van der Waals surface area contributed by atoms with Gasteiger partial charge in [-0.15, -0.1) is 16.8 Å². The maximum absolute atomic E-state index is 12.6. The van der Waals surface area contributed by atoms with E-state index in [9.17, 15) is 9.59 Å². The van der Waals surface area contributed by atoms with Crippen LogP contribution in [0.4, 0.5) is 5.69 Å². The molecule has 1 atom stereocenters. The third-order valence-electron chi connectivity index (χ3n) is 4.88. The van der Waals surface area contributed by atoms with E-state index in [-0.39, 0.29) is 24.0 Å². The molecule has 1 aromatic heterocycles. The van der Waals surface area contributed by atoms with Crippen molar-refractivity contribution in [3.63, 3.8) is 0 Å². The monoisotopic (exact) mass is 533 g/mol. The summed E-state index contributed by atoms with van der Waals surface area (Å²) in [5, 5.41) is 15.5. The molecule has 0 saturated heterocycles. The number of hydrogen-bond donors (Lipinski definition) is 2. The maximum Gasteiger partial charge on any atom is 0.234 e. The van der Waals surface area contributed by atoms with E-state index in [1.54, 1.807) is 31.4 Å². The van der Waals surface area contributed by atoms with Crippen molar-refractivity contribution in [2.75, 3.05) is 18.2 Å². The van der Waals surface area contributed by atoms with Crippen LogP contribution in [0.3, 0.4) is 0 Å². The molecule has 0 aliphatic rings. The van der Waals surface area contributed by atoms with Gasteiger partial charge in [0.2, 0.25) is 11.8 Å². The van der Waals surface area contributed by atoms with Crippen LogP contribution in [-0.2, 0) is 22.6 Å². The fourth-order valence-electron chi connectivity index (χ4n) is 3.21. The van der Waals surface area contributed by atoms with Crippen molar-refractivity contribution in [1.82, 2.24) is 20.1 Å². The number of carbonyl (C=O) groups excluding carboxylic acids is 2. The summed E-state index contributed by atoms with van der Waals surface area (Å²) in [6.07, 6.45) is 1.93. The minimum absolute atomic E-state index is 0.105. The number of halogens is 2. The van der Waals surface area contributed by atoms with Crippen LogP contribution in [-0.4, -0.2) is 39.4 Å². The number of nitrogens with one attached hydrogen (secondary N) is 2. The van der Waals surface area contributed by atoms with E-state index in [4.69, 9.17) is 27.9 Å². The normalized spacial score (nSPS) is 11.5. The van der Waals surface area contributed by atoms with Gasteiger partial charge >= 0.3 is 0 Å². The molecule has 0 aliphatic heterocycles. The highest BCUT2D eigenvalue weighted by atomic mass is 35.5. The van der Waals surface area contributed by atoms with Gasteiger partial charge in [0.15, 0.2) is 11.0 Å². The van der Waals surface area contributed by atoms with Crippen molar-refractivity contribution in [3.05, 3.63) is 76.6 Å². The standard InChI is InChI=1S/C24H25Cl2N5O3S/c1-4-11-31-23(15(2)27-21(32)12-16-5-8-18(34-3)9-6-16)29-30-24(31)35-14-22(33)28-17-7-10-19(25)20(26)13-17/h4-10,13,15H,1,11-12,14H2,2-3H3,(H,27,32)(H,28,33)/t15-/m0/s1. The largest absolute Gasteiger partial charge is 0.497 e. The summed E-state index contributed by atoms with van der Waals surface area (Å²) in [5.74, 6) is 1.03. The summed E-state index contributed by atoms with van der Waals surface area (Å²) < 4.78 is 6.97. The summed E-state index contributed by atoms with van der Waals surface area (Å²) in [6.45, 7) is 6.05. The molecule has 3 rings (SSSR count). The van der Waals surface area contributed by atoms with E-state index in [1.807, 2.05) is 35.8 Å². The second-order valence-electron chi connectivity index (χ2n) is 7.52. The van der Waals surface area contributed by atoms with Gasteiger partial charge in [0.25, 0.3) is 0 Å². The van der Waals surface area contributed by atoms with Crippen molar-refractivity contribution < 1.29 is 14.3 Å². The smallest absolute Gasteiger partial charge is 0.234 e. The first-order chi connectivity index (χ1) is 16.8. The average molecular weight is 534 g/mol. The van der Waals surface area contributed by atoms with Crippen LogP contribution in [0.25, 0.3) is 0 Å². The molecule has 0 fully saturated rings. The van der Waals surface area contributed by atoms with Crippen LogP contribution >= 0.6 is 35.0 Å². The van der Waals surface area contributed by atoms with Gasteiger partial charge in [-0.1, -0.05) is 53.2 Å². The molecule has 0 radical (unpaired) electrons. The lowest BCUT2D eigenvalue weighted by Crippen LogP contribution is -2.30. The van der Waals surface area contributed by atoms with Crippen LogP contribution in [0, 0.1) is 0 Å². The minimum Gasteiger partial charge on any atom is -0.497 e. The van der Waals surface area contributed by atoms with Crippen LogP contribution in [0.1, 0.15) is 24.4 Å². The lowest BCUT2D eigenvalue weighted by Gasteiger charge is -2.15. The van der Waals surface area contributed by atoms with Gasteiger partial charge in [-0.05, 0) is 42.8 Å². The molecule has 3 aromatic rings. The highest BCUT2D eigenvalue weighted by molar-refractivity contribution is 7.99. The number of benzene rings is 2. The van der Waals surface area contributed by atoms with Crippen LogP contribution in [0.2, 0.25) is 10.0 Å². The van der Waals surface area contributed by atoms with E-state index in [0.717, 1.165) is 11.3 Å². The second-order valence-corrected chi connectivity index (χ2v) is 9.28. The molecule has 1 heterocycles. The van der Waals surface area contributed by atoms with Gasteiger partial charge in [-0.25, -0.2) is 0 Å². The first kappa shape index (κ1) is 26.6. The van der Waals surface area contributed by atoms with Gasteiger partial charge in [0.05, 0.1) is 35.4 Å². The Morgan fingerprint density at radius 2 is 1.89 bits per heavy atom. The van der Waals surface area contributed by atoms with E-state index in [2.05, 4.69) is 27.4 Å². The number of thioether (sulfide) groups is 1. The number of rotatable bonds is 11. The topological polar surface area (TPSA) is 98.1 Å². The third kappa shape index (κ3) is 7.48. The average Bonchev–Trinajstić information content (AvgIpc) is 3.23. The SMILES string of the molecule is C=CCn1c(SCC(=O)Nc2ccc(Cl)c(Cl)c2)nnc1[C@H](C)NC(=O)Cc1ccc(OC)cc1. The predicted molar refractivity (Wildman–Crippen MR) is 139 cm³/mol. The molecule has 0 unspecified atom stereocenters. The first-order valence-electron chi connectivity index (χ1n) is 10.6. The van der Waals surface area contributed by atoms with Crippen LogP contribution in [0.5, 0.6) is 5.75 Å². The number of methoxy groups -OCH3 is 1. The van der Waals surface area contributed by atoms with Crippen molar-refractivity contribution in [1.29, 1.82) is 0 Å². The molecule has 2 amide bonds. The molecular formula is C24H25Cl2N5O3S. The van der Waals surface area contributed by atoms with Crippen LogP contribution in [0.15, 0.2) is 60.3 Å². The Bertz CT molecular complexity index is 1200. The number of hydrogen-bond acceptors (Lipinski definition) is 6. The zero-order valence-electron chi connectivity index (χ0n) is 19.3. The molecular weight excluding hydrogens is 509 g/mol. The van der Waals surface area contributed by atoms with E-state index in [1.165, 1.54) is 11.8 Å². The van der Waals surface area contributed by atoms with Crippen molar-refractivity contribution in [3.8, 4) is 5.75 Å². The molecule has 2 aromatic carbocycles. The van der Waals surface area contributed by atoms with Crippen molar-refractivity contribution in [2.24, 2.45) is 0 Å². The summed E-state index contributed by atoms with van der Waals surface area (Å²) >= 11 is 13.1. The van der Waals surface area contributed by atoms with Gasteiger partial charge in [-0.2, -0.15) is 0 Å². The number of nitrogens with zero attached hydrogens (tertiary/aromatic N) is 3. The molecule has 0 saturated carbocycles. The fraction of sp³-hybridized carbons (Fsp3) is 0.250. The number of allylic oxidation sites excluding steroid dienone is 1. The highest BCUT2D eigenvalue weighted by Crippen LogP contribution is 2.26. The zero-order chi connectivity index (χ0) is 25.4. The summed E-state index contributed by atoms with van der Waals surface area (Å²) in [6, 6.07) is 11.8. The van der Waals surface area contributed by atoms with Crippen LogP contribution < -0.4 is 15.4 Å².